The van der Waals surface area contributed by atoms with Gasteiger partial charge in [0.1, 0.15) is 0 Å². The van der Waals surface area contributed by atoms with Crippen LogP contribution in [0.15, 0.2) is 0 Å². The summed E-state index contributed by atoms with van der Waals surface area (Å²) in [6.45, 7) is 6.75. The Labute approximate surface area is 76.2 Å². The van der Waals surface area contributed by atoms with Crippen molar-refractivity contribution in [2.45, 2.75) is 52.6 Å². The third-order valence-corrected chi connectivity index (χ3v) is 3.04. The molecule has 1 nitrogen and oxygen atoms in total. The van der Waals surface area contributed by atoms with Gasteiger partial charge in [-0.25, -0.2) is 0 Å². The molecule has 0 spiro atoms. The molecule has 72 valence electrons. The summed E-state index contributed by atoms with van der Waals surface area (Å²) in [7, 11) is 0. The molecule has 3 atom stereocenters. The van der Waals surface area contributed by atoms with Gasteiger partial charge in [0.15, 0.2) is 0 Å². The topological polar surface area (TPSA) is 20.2 Å². The first kappa shape index (κ1) is 10.0. The van der Waals surface area contributed by atoms with Crippen molar-refractivity contribution in [3.63, 3.8) is 0 Å². The molecule has 0 radical (unpaired) electrons. The van der Waals surface area contributed by atoms with Crippen LogP contribution in [0.5, 0.6) is 0 Å². The second-order valence-electron chi connectivity index (χ2n) is 4.85. The van der Waals surface area contributed by atoms with E-state index in [0.717, 1.165) is 18.3 Å². The Balaban J connectivity index is 2.30. The van der Waals surface area contributed by atoms with Gasteiger partial charge >= 0.3 is 0 Å². The van der Waals surface area contributed by atoms with Crippen molar-refractivity contribution >= 4 is 0 Å². The van der Waals surface area contributed by atoms with E-state index in [2.05, 4.69) is 20.8 Å². The van der Waals surface area contributed by atoms with E-state index in [9.17, 15) is 5.11 Å². The minimum absolute atomic E-state index is 0.0200. The minimum Gasteiger partial charge on any atom is -0.393 e. The molecule has 0 unspecified atom stereocenters. The fraction of sp³-hybridized carbons (Fsp3) is 1.00. The van der Waals surface area contributed by atoms with E-state index >= 15 is 0 Å². The first-order chi connectivity index (χ1) is 5.59. The molecule has 0 heterocycles. The molecule has 12 heavy (non-hydrogen) atoms. The largest absolute Gasteiger partial charge is 0.393 e. The molecule has 0 aromatic rings. The number of aliphatic hydroxyl groups excluding tert-OH is 1. The zero-order valence-electron chi connectivity index (χ0n) is 8.59. The van der Waals surface area contributed by atoms with Gasteiger partial charge in [-0.1, -0.05) is 20.8 Å². The first-order valence-electron chi connectivity index (χ1n) is 5.27. The average molecular weight is 170 g/mol. The van der Waals surface area contributed by atoms with Gasteiger partial charge in [0.2, 0.25) is 0 Å². The van der Waals surface area contributed by atoms with Crippen LogP contribution in [-0.2, 0) is 0 Å². The zero-order chi connectivity index (χ0) is 9.14. The summed E-state index contributed by atoms with van der Waals surface area (Å²) in [4.78, 5) is 0. The van der Waals surface area contributed by atoms with E-state index in [0.29, 0.717) is 5.92 Å². The molecule has 1 fully saturated rings. The smallest absolute Gasteiger partial charge is 0.0566 e. The molecule has 0 aromatic heterocycles. The van der Waals surface area contributed by atoms with Crippen molar-refractivity contribution in [2.75, 3.05) is 0 Å². The minimum atomic E-state index is -0.0200. The Hall–Kier alpha value is -0.0400. The van der Waals surface area contributed by atoms with Crippen LogP contribution < -0.4 is 0 Å². The van der Waals surface area contributed by atoms with Crippen molar-refractivity contribution in [1.29, 1.82) is 0 Å². The van der Waals surface area contributed by atoms with E-state index in [1.165, 1.54) is 19.3 Å². The molecule has 0 saturated heterocycles. The van der Waals surface area contributed by atoms with Crippen molar-refractivity contribution in [2.24, 2.45) is 17.8 Å². The van der Waals surface area contributed by atoms with Crippen LogP contribution in [0.1, 0.15) is 46.5 Å². The monoisotopic (exact) mass is 170 g/mol. The van der Waals surface area contributed by atoms with Crippen LogP contribution >= 0.6 is 0 Å². The number of aliphatic hydroxyl groups is 1. The Morgan fingerprint density at radius 3 is 2.50 bits per heavy atom. The second-order valence-corrected chi connectivity index (χ2v) is 4.85. The summed E-state index contributed by atoms with van der Waals surface area (Å²) >= 11 is 0. The summed E-state index contributed by atoms with van der Waals surface area (Å²) in [5.74, 6) is 2.23. The lowest BCUT2D eigenvalue weighted by Crippen LogP contribution is -2.27. The predicted molar refractivity (Wildman–Crippen MR) is 52.0 cm³/mol. The zero-order valence-corrected chi connectivity index (χ0v) is 8.59. The maximum atomic E-state index is 9.53. The van der Waals surface area contributed by atoms with Gasteiger partial charge < -0.3 is 5.11 Å². The average Bonchev–Trinajstić information content (AvgIpc) is 1.96. The molecule has 1 aliphatic carbocycles. The molecule has 1 aliphatic rings. The van der Waals surface area contributed by atoms with E-state index in [1.54, 1.807) is 0 Å². The third-order valence-electron chi connectivity index (χ3n) is 3.04. The van der Waals surface area contributed by atoms with Crippen LogP contribution in [0.3, 0.4) is 0 Å². The Kier molecular flexibility index (Phi) is 3.57. The molecule has 1 heteroatoms. The van der Waals surface area contributed by atoms with Gasteiger partial charge in [0.05, 0.1) is 6.10 Å². The molecular weight excluding hydrogens is 148 g/mol. The fourth-order valence-corrected chi connectivity index (χ4v) is 2.37. The maximum absolute atomic E-state index is 9.53. The predicted octanol–water partition coefficient (Wildman–Crippen LogP) is 2.83. The molecular formula is C11H22O. The summed E-state index contributed by atoms with van der Waals surface area (Å²) in [5, 5.41) is 9.53. The SMILES string of the molecule is CC(C)C[C@H]1CC[C@@H](O)[C@@H](C)C1. The standard InChI is InChI=1S/C11H22O/c1-8(2)6-10-4-5-11(12)9(3)7-10/h8-12H,4-7H2,1-3H3/t9-,10+,11+/m0/s1. The summed E-state index contributed by atoms with van der Waals surface area (Å²) in [6, 6.07) is 0. The van der Waals surface area contributed by atoms with Crippen molar-refractivity contribution < 1.29 is 5.11 Å². The third kappa shape index (κ3) is 2.78. The van der Waals surface area contributed by atoms with Crippen LogP contribution in [-0.4, -0.2) is 11.2 Å². The number of hydrogen-bond acceptors (Lipinski definition) is 1. The highest BCUT2D eigenvalue weighted by Gasteiger charge is 2.25. The quantitative estimate of drug-likeness (QED) is 0.675. The van der Waals surface area contributed by atoms with Crippen LogP contribution in [0, 0.1) is 17.8 Å². The molecule has 1 saturated carbocycles. The van der Waals surface area contributed by atoms with Crippen LogP contribution in [0.2, 0.25) is 0 Å². The summed E-state index contributed by atoms with van der Waals surface area (Å²) in [5.41, 5.74) is 0. The Morgan fingerprint density at radius 1 is 1.33 bits per heavy atom. The fourth-order valence-electron chi connectivity index (χ4n) is 2.37. The van der Waals surface area contributed by atoms with Gasteiger partial charge in [-0.2, -0.15) is 0 Å². The van der Waals surface area contributed by atoms with Gasteiger partial charge in [0, 0.05) is 0 Å². The molecule has 1 N–H and O–H groups in total. The van der Waals surface area contributed by atoms with Crippen molar-refractivity contribution in [1.82, 2.24) is 0 Å². The van der Waals surface area contributed by atoms with Gasteiger partial charge in [-0.3, -0.25) is 0 Å². The van der Waals surface area contributed by atoms with E-state index < -0.39 is 0 Å². The highest BCUT2D eigenvalue weighted by molar-refractivity contribution is 4.77. The molecule has 1 rings (SSSR count). The first-order valence-corrected chi connectivity index (χ1v) is 5.27. The van der Waals surface area contributed by atoms with E-state index in [1.807, 2.05) is 0 Å². The summed E-state index contributed by atoms with van der Waals surface area (Å²) < 4.78 is 0. The normalized spacial score (nSPS) is 37.2. The molecule has 0 amide bonds. The van der Waals surface area contributed by atoms with Gasteiger partial charge in [-0.05, 0) is 43.4 Å². The molecule has 0 bridgehead atoms. The van der Waals surface area contributed by atoms with Crippen molar-refractivity contribution in [3.8, 4) is 0 Å². The van der Waals surface area contributed by atoms with Gasteiger partial charge in [0.25, 0.3) is 0 Å². The number of rotatable bonds is 2. The lowest BCUT2D eigenvalue weighted by atomic mass is 9.77. The van der Waals surface area contributed by atoms with E-state index in [-0.39, 0.29) is 6.10 Å². The lowest BCUT2D eigenvalue weighted by molar-refractivity contribution is 0.0526. The number of hydrogen-bond donors (Lipinski definition) is 1. The molecule has 0 aliphatic heterocycles. The lowest BCUT2D eigenvalue weighted by Gasteiger charge is -2.31. The Morgan fingerprint density at radius 2 is 2.00 bits per heavy atom. The highest BCUT2D eigenvalue weighted by Crippen LogP contribution is 2.32. The van der Waals surface area contributed by atoms with Crippen LogP contribution in [0.25, 0.3) is 0 Å². The second kappa shape index (κ2) is 4.27. The van der Waals surface area contributed by atoms with E-state index in [4.69, 9.17) is 0 Å². The van der Waals surface area contributed by atoms with Crippen LogP contribution in [0.4, 0.5) is 0 Å². The van der Waals surface area contributed by atoms with Crippen molar-refractivity contribution in [3.05, 3.63) is 0 Å². The molecule has 0 aromatic carbocycles. The maximum Gasteiger partial charge on any atom is 0.0566 e. The van der Waals surface area contributed by atoms with Gasteiger partial charge in [-0.15, -0.1) is 0 Å². The Bertz CT molecular complexity index is 131. The highest BCUT2D eigenvalue weighted by atomic mass is 16.3. The summed E-state index contributed by atoms with van der Waals surface area (Å²) in [6.07, 6.45) is 4.83.